The molecule has 0 spiro atoms. The van der Waals surface area contributed by atoms with Crippen molar-refractivity contribution in [2.24, 2.45) is 0 Å². The number of benzene rings is 2. The van der Waals surface area contributed by atoms with Gasteiger partial charge in [-0.15, -0.1) is 0 Å². The summed E-state index contributed by atoms with van der Waals surface area (Å²) in [5, 5.41) is 2.53. The smallest absolute Gasteiger partial charge is 0.416 e. The first-order valence-electron chi connectivity index (χ1n) is 7.91. The van der Waals surface area contributed by atoms with Crippen molar-refractivity contribution in [3.63, 3.8) is 0 Å². The van der Waals surface area contributed by atoms with Crippen LogP contribution in [-0.2, 0) is 16.2 Å². The van der Waals surface area contributed by atoms with Crippen LogP contribution in [0.3, 0.4) is 0 Å². The first-order valence-corrected chi connectivity index (χ1v) is 10.2. The van der Waals surface area contributed by atoms with E-state index in [2.05, 4.69) is 26.0 Å². The number of furan rings is 1. The Morgan fingerprint density at radius 2 is 1.66 bits per heavy atom. The van der Waals surface area contributed by atoms with Crippen molar-refractivity contribution in [1.29, 1.82) is 0 Å². The molecule has 0 bridgehead atoms. The number of amides is 1. The van der Waals surface area contributed by atoms with Crippen LogP contribution in [0, 0.1) is 0 Å². The van der Waals surface area contributed by atoms with Crippen LogP contribution in [0.2, 0.25) is 0 Å². The molecule has 3 rings (SSSR count). The third-order valence-electron chi connectivity index (χ3n) is 3.66. The number of alkyl halides is 3. The minimum atomic E-state index is -4.59. The normalized spacial score (nSPS) is 11.9. The number of halogens is 4. The molecule has 0 aliphatic rings. The lowest BCUT2D eigenvalue weighted by molar-refractivity contribution is -0.137. The van der Waals surface area contributed by atoms with Crippen molar-refractivity contribution in [2.45, 2.75) is 11.1 Å². The lowest BCUT2D eigenvalue weighted by Gasteiger charge is -2.11. The van der Waals surface area contributed by atoms with Crippen molar-refractivity contribution in [1.82, 2.24) is 0 Å². The fraction of sp³-hybridized carbons (Fsp3) is 0.0556. The Bertz CT molecular complexity index is 1140. The average Bonchev–Trinajstić information content (AvgIpc) is 3.08. The Balaban J connectivity index is 1.74. The van der Waals surface area contributed by atoms with Crippen LogP contribution in [-0.4, -0.2) is 14.3 Å². The Hall–Kier alpha value is -2.79. The van der Waals surface area contributed by atoms with Crippen LogP contribution in [0.25, 0.3) is 0 Å². The monoisotopic (exact) mass is 488 g/mol. The summed E-state index contributed by atoms with van der Waals surface area (Å²) in [4.78, 5) is 11.8. The van der Waals surface area contributed by atoms with E-state index in [0.29, 0.717) is 16.4 Å². The van der Waals surface area contributed by atoms with Crippen molar-refractivity contribution in [3.05, 3.63) is 76.7 Å². The molecule has 11 heteroatoms. The van der Waals surface area contributed by atoms with Crippen molar-refractivity contribution in [3.8, 4) is 0 Å². The zero-order chi connectivity index (χ0) is 21.2. The molecular formula is C18H12BrF3N2O4S. The van der Waals surface area contributed by atoms with Gasteiger partial charge in [-0.1, -0.05) is 6.07 Å². The van der Waals surface area contributed by atoms with Gasteiger partial charge < -0.3 is 9.73 Å². The minimum Gasteiger partial charge on any atom is -0.444 e. The summed E-state index contributed by atoms with van der Waals surface area (Å²) in [6, 6.07) is 12.0. The fourth-order valence-corrected chi connectivity index (χ4v) is 3.68. The highest BCUT2D eigenvalue weighted by Gasteiger charge is 2.30. The quantitative estimate of drug-likeness (QED) is 0.521. The van der Waals surface area contributed by atoms with Crippen LogP contribution in [0.4, 0.5) is 24.5 Å². The van der Waals surface area contributed by atoms with E-state index in [0.717, 1.165) is 12.1 Å². The summed E-state index contributed by atoms with van der Waals surface area (Å²) in [6.07, 6.45) is -4.59. The molecule has 2 aromatic carbocycles. The molecule has 1 amide bonds. The van der Waals surface area contributed by atoms with E-state index in [1.807, 2.05) is 0 Å². The number of carbonyl (C=O) groups is 1. The largest absolute Gasteiger partial charge is 0.444 e. The second kappa shape index (κ2) is 7.91. The molecule has 3 aromatic rings. The Labute approximate surface area is 171 Å². The molecule has 152 valence electrons. The van der Waals surface area contributed by atoms with Crippen LogP contribution in [0.15, 0.2) is 74.6 Å². The predicted molar refractivity (Wildman–Crippen MR) is 103 cm³/mol. The maximum absolute atomic E-state index is 12.8. The van der Waals surface area contributed by atoms with Gasteiger partial charge in [0, 0.05) is 11.4 Å². The zero-order valence-electron chi connectivity index (χ0n) is 14.3. The molecule has 1 heterocycles. The highest BCUT2D eigenvalue weighted by atomic mass is 79.9. The summed E-state index contributed by atoms with van der Waals surface area (Å²) < 4.78 is 70.8. The lowest BCUT2D eigenvalue weighted by atomic mass is 10.2. The van der Waals surface area contributed by atoms with E-state index >= 15 is 0 Å². The molecule has 1 aromatic heterocycles. The molecular weight excluding hydrogens is 477 g/mol. The second-order valence-corrected chi connectivity index (χ2v) is 8.23. The molecule has 0 fully saturated rings. The predicted octanol–water partition coefficient (Wildman–Crippen LogP) is 5.11. The molecule has 29 heavy (non-hydrogen) atoms. The maximum atomic E-state index is 12.8. The third-order valence-corrected chi connectivity index (χ3v) is 5.48. The molecule has 0 atom stereocenters. The summed E-state index contributed by atoms with van der Waals surface area (Å²) in [7, 11) is -4.12. The van der Waals surface area contributed by atoms with Crippen molar-refractivity contribution in [2.75, 3.05) is 10.0 Å². The molecule has 2 N–H and O–H groups in total. The van der Waals surface area contributed by atoms with Crippen LogP contribution in [0.5, 0.6) is 0 Å². The number of carbonyl (C=O) groups excluding carboxylic acids is 1. The van der Waals surface area contributed by atoms with Crippen LogP contribution in [0.1, 0.15) is 16.1 Å². The summed E-state index contributed by atoms with van der Waals surface area (Å²) >= 11 is 3.08. The molecule has 0 radical (unpaired) electrons. The molecule has 0 aliphatic carbocycles. The van der Waals surface area contributed by atoms with Gasteiger partial charge in [-0.05, 0) is 70.5 Å². The van der Waals surface area contributed by atoms with Crippen molar-refractivity contribution < 1.29 is 30.8 Å². The van der Waals surface area contributed by atoms with Gasteiger partial charge in [-0.25, -0.2) is 8.42 Å². The minimum absolute atomic E-state index is 0.0554. The molecule has 0 saturated heterocycles. The SMILES string of the molecule is O=C(Nc1ccc(S(=O)(=O)Nc2cccc(C(F)(F)F)c2)cc1)c1ccc(Br)o1. The summed E-state index contributed by atoms with van der Waals surface area (Å²) in [5.74, 6) is -0.479. The molecule has 0 unspecified atom stereocenters. The molecule has 0 aliphatic heterocycles. The van der Waals surface area contributed by atoms with E-state index in [9.17, 15) is 26.4 Å². The summed E-state index contributed by atoms with van der Waals surface area (Å²) in [6.45, 7) is 0. The Kier molecular flexibility index (Phi) is 5.71. The van der Waals surface area contributed by atoms with E-state index in [1.54, 1.807) is 6.07 Å². The first kappa shape index (κ1) is 20.9. The summed E-state index contributed by atoms with van der Waals surface area (Å²) in [5.41, 5.74) is -0.888. The van der Waals surface area contributed by atoms with Crippen LogP contribution < -0.4 is 10.0 Å². The number of nitrogens with one attached hydrogen (secondary N) is 2. The van der Waals surface area contributed by atoms with Gasteiger partial charge in [0.05, 0.1) is 10.5 Å². The number of anilines is 2. The average molecular weight is 489 g/mol. The van der Waals surface area contributed by atoms with Gasteiger partial charge in [-0.2, -0.15) is 13.2 Å². The highest BCUT2D eigenvalue weighted by Crippen LogP contribution is 2.31. The lowest BCUT2D eigenvalue weighted by Crippen LogP contribution is -2.14. The standard InChI is InChI=1S/C18H12BrF3N2O4S/c19-16-9-8-15(28-16)17(25)23-12-4-6-14(7-5-12)29(26,27)24-13-3-1-2-11(10-13)18(20,21)22/h1-10,24H,(H,23,25). The topological polar surface area (TPSA) is 88.4 Å². The molecule has 6 nitrogen and oxygen atoms in total. The van der Waals surface area contributed by atoms with E-state index < -0.39 is 27.7 Å². The van der Waals surface area contributed by atoms with Gasteiger partial charge in [0.15, 0.2) is 10.4 Å². The Morgan fingerprint density at radius 1 is 0.966 bits per heavy atom. The first-order chi connectivity index (χ1) is 13.5. The van der Waals surface area contributed by atoms with Crippen molar-refractivity contribution >= 4 is 43.2 Å². The number of sulfonamides is 1. The number of hydrogen-bond acceptors (Lipinski definition) is 4. The second-order valence-electron chi connectivity index (χ2n) is 5.77. The number of hydrogen-bond donors (Lipinski definition) is 2. The van der Waals surface area contributed by atoms with E-state index in [4.69, 9.17) is 4.42 Å². The Morgan fingerprint density at radius 3 is 2.24 bits per heavy atom. The van der Waals surface area contributed by atoms with Gasteiger partial charge >= 0.3 is 6.18 Å². The van der Waals surface area contributed by atoms with E-state index in [1.165, 1.54) is 36.4 Å². The van der Waals surface area contributed by atoms with Gasteiger partial charge in [0.2, 0.25) is 0 Å². The molecule has 0 saturated carbocycles. The number of rotatable bonds is 5. The zero-order valence-corrected chi connectivity index (χ0v) is 16.7. The fourth-order valence-electron chi connectivity index (χ4n) is 2.32. The van der Waals surface area contributed by atoms with E-state index in [-0.39, 0.29) is 16.3 Å². The van der Waals surface area contributed by atoms with Gasteiger partial charge in [0.1, 0.15) is 0 Å². The third kappa shape index (κ3) is 5.18. The highest BCUT2D eigenvalue weighted by molar-refractivity contribution is 9.10. The maximum Gasteiger partial charge on any atom is 0.416 e. The van der Waals surface area contributed by atoms with Gasteiger partial charge in [-0.3, -0.25) is 9.52 Å². The van der Waals surface area contributed by atoms with Crippen LogP contribution >= 0.6 is 15.9 Å². The van der Waals surface area contributed by atoms with Gasteiger partial charge in [0.25, 0.3) is 15.9 Å².